The lowest BCUT2D eigenvalue weighted by atomic mass is 9.90. The Morgan fingerprint density at radius 3 is 3.00 bits per heavy atom. The van der Waals surface area contributed by atoms with Gasteiger partial charge in [0.15, 0.2) is 0 Å². The predicted octanol–water partition coefficient (Wildman–Crippen LogP) is 4.42. The molecule has 110 valence electrons. The molecule has 0 amide bonds. The van der Waals surface area contributed by atoms with Gasteiger partial charge in [-0.1, -0.05) is 42.8 Å². The number of benzene rings is 1. The predicted molar refractivity (Wildman–Crippen MR) is 87.9 cm³/mol. The minimum Gasteiger partial charge on any atom is -0.310 e. The van der Waals surface area contributed by atoms with Crippen LogP contribution in [-0.2, 0) is 6.42 Å². The van der Waals surface area contributed by atoms with Gasteiger partial charge < -0.3 is 5.32 Å². The van der Waals surface area contributed by atoms with Crippen LogP contribution < -0.4 is 5.32 Å². The standard InChI is InChI=1S/C18H21ClN2/c1-3-20-18(14-8-4-6-12(2)16(14)19)15-10-9-13-7-5-11-21-17(13)15/h4-8,11,15,18,20H,3,9-10H2,1-2H3. The molecule has 21 heavy (non-hydrogen) atoms. The van der Waals surface area contributed by atoms with Crippen LogP contribution in [0.3, 0.4) is 0 Å². The lowest BCUT2D eigenvalue weighted by Crippen LogP contribution is -2.27. The molecule has 2 atom stereocenters. The Hall–Kier alpha value is -1.38. The summed E-state index contributed by atoms with van der Waals surface area (Å²) in [6.07, 6.45) is 4.14. The number of aromatic nitrogens is 1. The summed E-state index contributed by atoms with van der Waals surface area (Å²) < 4.78 is 0. The first-order valence-corrected chi connectivity index (χ1v) is 8.02. The maximum atomic E-state index is 6.57. The molecule has 0 bridgehead atoms. The molecule has 3 rings (SSSR count). The fourth-order valence-corrected chi connectivity index (χ4v) is 3.61. The Labute approximate surface area is 131 Å². The van der Waals surface area contributed by atoms with Crippen LogP contribution in [0.2, 0.25) is 5.02 Å². The van der Waals surface area contributed by atoms with E-state index in [9.17, 15) is 0 Å². The summed E-state index contributed by atoms with van der Waals surface area (Å²) in [4.78, 5) is 4.64. The number of aryl methyl sites for hydroxylation is 2. The number of likely N-dealkylation sites (N-methyl/N-ethyl adjacent to an activating group) is 1. The zero-order chi connectivity index (χ0) is 14.8. The highest BCUT2D eigenvalue weighted by atomic mass is 35.5. The zero-order valence-electron chi connectivity index (χ0n) is 12.6. The van der Waals surface area contributed by atoms with Gasteiger partial charge in [-0.15, -0.1) is 0 Å². The summed E-state index contributed by atoms with van der Waals surface area (Å²) in [5.74, 6) is 0.403. The monoisotopic (exact) mass is 300 g/mol. The van der Waals surface area contributed by atoms with Gasteiger partial charge in [0.25, 0.3) is 0 Å². The molecule has 0 fully saturated rings. The van der Waals surface area contributed by atoms with Crippen LogP contribution in [0.15, 0.2) is 36.5 Å². The van der Waals surface area contributed by atoms with Gasteiger partial charge in [0, 0.05) is 28.9 Å². The van der Waals surface area contributed by atoms with E-state index in [1.807, 2.05) is 12.3 Å². The number of nitrogens with one attached hydrogen (secondary N) is 1. The fraction of sp³-hybridized carbons (Fsp3) is 0.389. The molecule has 1 aromatic carbocycles. The van der Waals surface area contributed by atoms with Crippen molar-refractivity contribution in [3.8, 4) is 0 Å². The highest BCUT2D eigenvalue weighted by Crippen LogP contribution is 2.42. The summed E-state index contributed by atoms with van der Waals surface area (Å²) in [6, 6.07) is 10.8. The number of hydrogen-bond acceptors (Lipinski definition) is 2. The van der Waals surface area contributed by atoms with Crippen LogP contribution >= 0.6 is 11.6 Å². The van der Waals surface area contributed by atoms with Crippen molar-refractivity contribution in [3.05, 3.63) is 63.9 Å². The highest BCUT2D eigenvalue weighted by Gasteiger charge is 2.32. The van der Waals surface area contributed by atoms with Crippen molar-refractivity contribution < 1.29 is 0 Å². The maximum absolute atomic E-state index is 6.57. The van der Waals surface area contributed by atoms with E-state index in [1.165, 1.54) is 16.8 Å². The second-order valence-corrected chi connectivity index (χ2v) is 6.08. The Morgan fingerprint density at radius 1 is 1.33 bits per heavy atom. The second kappa shape index (κ2) is 6.17. The minimum atomic E-state index is 0.235. The molecule has 0 radical (unpaired) electrons. The van der Waals surface area contributed by atoms with Crippen LogP contribution in [-0.4, -0.2) is 11.5 Å². The smallest absolute Gasteiger partial charge is 0.0485 e. The van der Waals surface area contributed by atoms with E-state index in [2.05, 4.69) is 48.4 Å². The van der Waals surface area contributed by atoms with E-state index in [-0.39, 0.29) is 6.04 Å². The molecule has 0 saturated heterocycles. The van der Waals surface area contributed by atoms with E-state index >= 15 is 0 Å². The molecule has 0 spiro atoms. The summed E-state index contributed by atoms with van der Waals surface area (Å²) in [6.45, 7) is 5.13. The molecule has 0 saturated carbocycles. The topological polar surface area (TPSA) is 24.9 Å². The molecule has 2 aromatic rings. The van der Waals surface area contributed by atoms with Crippen molar-refractivity contribution in [1.82, 2.24) is 10.3 Å². The van der Waals surface area contributed by atoms with E-state index in [1.54, 1.807) is 0 Å². The van der Waals surface area contributed by atoms with E-state index < -0.39 is 0 Å². The molecule has 1 aliphatic rings. The fourth-order valence-electron chi connectivity index (χ4n) is 3.37. The van der Waals surface area contributed by atoms with Gasteiger partial charge in [-0.2, -0.15) is 0 Å². The largest absolute Gasteiger partial charge is 0.310 e. The van der Waals surface area contributed by atoms with Gasteiger partial charge in [0.1, 0.15) is 0 Å². The quantitative estimate of drug-likeness (QED) is 0.904. The molecular formula is C18H21ClN2. The number of pyridine rings is 1. The molecular weight excluding hydrogens is 280 g/mol. The van der Waals surface area contributed by atoms with Crippen LogP contribution in [0.1, 0.15) is 47.7 Å². The van der Waals surface area contributed by atoms with Crippen molar-refractivity contribution in [3.63, 3.8) is 0 Å². The maximum Gasteiger partial charge on any atom is 0.0485 e. The molecule has 3 heteroatoms. The normalized spacial score (nSPS) is 18.5. The highest BCUT2D eigenvalue weighted by molar-refractivity contribution is 6.32. The summed E-state index contributed by atoms with van der Waals surface area (Å²) >= 11 is 6.57. The first kappa shape index (κ1) is 14.6. The zero-order valence-corrected chi connectivity index (χ0v) is 13.3. The number of nitrogens with zero attached hydrogens (tertiary/aromatic N) is 1. The second-order valence-electron chi connectivity index (χ2n) is 5.71. The van der Waals surface area contributed by atoms with Crippen molar-refractivity contribution >= 4 is 11.6 Å². The molecule has 1 heterocycles. The van der Waals surface area contributed by atoms with Crippen LogP contribution in [0, 0.1) is 6.92 Å². The summed E-state index contributed by atoms with van der Waals surface area (Å²) in [7, 11) is 0. The lowest BCUT2D eigenvalue weighted by Gasteiger charge is -2.26. The number of fused-ring (bicyclic) bond motifs is 1. The van der Waals surface area contributed by atoms with Crippen molar-refractivity contribution in [2.45, 2.75) is 38.6 Å². The molecule has 0 aliphatic heterocycles. The molecule has 1 N–H and O–H groups in total. The van der Waals surface area contributed by atoms with Gasteiger partial charge >= 0.3 is 0 Å². The first-order valence-electron chi connectivity index (χ1n) is 7.64. The molecule has 1 aromatic heterocycles. The van der Waals surface area contributed by atoms with Gasteiger partial charge in [0.05, 0.1) is 0 Å². The molecule has 1 aliphatic carbocycles. The Kier molecular flexibility index (Phi) is 4.27. The lowest BCUT2D eigenvalue weighted by molar-refractivity contribution is 0.447. The summed E-state index contributed by atoms with van der Waals surface area (Å²) in [5.41, 5.74) is 4.95. The minimum absolute atomic E-state index is 0.235. The van der Waals surface area contributed by atoms with E-state index in [0.29, 0.717) is 5.92 Å². The van der Waals surface area contributed by atoms with Crippen LogP contribution in [0.4, 0.5) is 0 Å². The average Bonchev–Trinajstić information content (AvgIpc) is 2.92. The third kappa shape index (κ3) is 2.70. The summed E-state index contributed by atoms with van der Waals surface area (Å²) in [5, 5.41) is 4.51. The van der Waals surface area contributed by atoms with Crippen LogP contribution in [0.5, 0.6) is 0 Å². The third-order valence-corrected chi connectivity index (χ3v) is 4.90. The van der Waals surface area contributed by atoms with Gasteiger partial charge in [-0.25, -0.2) is 0 Å². The first-order chi connectivity index (χ1) is 10.2. The number of hydrogen-bond donors (Lipinski definition) is 1. The molecule has 2 nitrogen and oxygen atoms in total. The number of halogens is 1. The van der Waals surface area contributed by atoms with Crippen molar-refractivity contribution in [2.24, 2.45) is 0 Å². The SMILES string of the molecule is CCNC(c1cccc(C)c1Cl)C1CCc2cccnc21. The van der Waals surface area contributed by atoms with Crippen LogP contribution in [0.25, 0.3) is 0 Å². The Balaban J connectivity index is 2.02. The van der Waals surface area contributed by atoms with Crippen molar-refractivity contribution in [1.29, 1.82) is 0 Å². The number of rotatable bonds is 4. The van der Waals surface area contributed by atoms with Gasteiger partial charge in [-0.05, 0) is 49.1 Å². The Morgan fingerprint density at radius 2 is 2.19 bits per heavy atom. The average molecular weight is 301 g/mol. The molecule has 2 unspecified atom stereocenters. The third-order valence-electron chi connectivity index (χ3n) is 4.39. The van der Waals surface area contributed by atoms with Gasteiger partial charge in [-0.3, -0.25) is 4.98 Å². The van der Waals surface area contributed by atoms with Crippen molar-refractivity contribution in [2.75, 3.05) is 6.54 Å². The van der Waals surface area contributed by atoms with Gasteiger partial charge in [0.2, 0.25) is 0 Å². The van der Waals surface area contributed by atoms with E-state index in [0.717, 1.165) is 30.0 Å². The Bertz CT molecular complexity index is 639. The van der Waals surface area contributed by atoms with E-state index in [4.69, 9.17) is 11.6 Å².